The van der Waals surface area contributed by atoms with Gasteiger partial charge >= 0.3 is 29.8 Å². The van der Waals surface area contributed by atoms with Crippen LogP contribution in [0.25, 0.3) is 11.1 Å². The van der Waals surface area contributed by atoms with E-state index in [2.05, 4.69) is 45.1 Å². The quantitative estimate of drug-likeness (QED) is 0.0248. The van der Waals surface area contributed by atoms with Gasteiger partial charge in [-0.25, -0.2) is 0 Å². The Hall–Kier alpha value is -4.74. The van der Waals surface area contributed by atoms with E-state index in [9.17, 15) is 39.0 Å². The number of aliphatic carboxylic acids is 2. The van der Waals surface area contributed by atoms with Crippen LogP contribution in [0.1, 0.15) is 245 Å². The largest absolute Gasteiger partial charge is 0.481 e. The summed E-state index contributed by atoms with van der Waals surface area (Å²) in [4.78, 5) is 81.7. The minimum atomic E-state index is -1.90. The Balaban J connectivity index is 1.86. The number of carboxylic acids is 2. The zero-order valence-electron chi connectivity index (χ0n) is 47.3. The highest BCUT2D eigenvalue weighted by Gasteiger charge is 2.56. The average molecular weight is 1050 g/mol. The third-order valence-corrected chi connectivity index (χ3v) is 15.7. The molecule has 75 heavy (non-hydrogen) atoms. The van der Waals surface area contributed by atoms with Crippen molar-refractivity contribution < 1.29 is 53.2 Å². The van der Waals surface area contributed by atoms with Crippen LogP contribution in [-0.2, 0) is 43.0 Å². The molecule has 2 aromatic carbocycles. The van der Waals surface area contributed by atoms with Crippen molar-refractivity contribution in [1.82, 2.24) is 5.32 Å². The maximum Gasteiger partial charge on any atom is 0.317 e. The van der Waals surface area contributed by atoms with Gasteiger partial charge in [0.05, 0.1) is 31.0 Å². The highest BCUT2D eigenvalue weighted by atomic mass is 16.6. The number of unbranched alkanes of at least 4 members (excludes halogenated alkanes) is 16. The molecule has 1 aliphatic carbocycles. The first-order chi connectivity index (χ1) is 36.1. The highest BCUT2D eigenvalue weighted by molar-refractivity contribution is 5.91. The van der Waals surface area contributed by atoms with Gasteiger partial charge in [0.25, 0.3) is 0 Å². The van der Waals surface area contributed by atoms with Crippen molar-refractivity contribution in [2.24, 2.45) is 28.6 Å². The number of carbonyl (C=O) groups is 6. The molecule has 0 radical (unpaired) electrons. The summed E-state index contributed by atoms with van der Waals surface area (Å²) in [6.07, 6.45) is 23.4. The Labute approximate surface area is 452 Å². The zero-order valence-corrected chi connectivity index (χ0v) is 47.3. The Bertz CT molecular complexity index is 1950. The van der Waals surface area contributed by atoms with Gasteiger partial charge in [0.1, 0.15) is 13.0 Å². The van der Waals surface area contributed by atoms with Crippen LogP contribution in [0.15, 0.2) is 48.5 Å². The summed E-state index contributed by atoms with van der Waals surface area (Å²) >= 11 is 0. The fourth-order valence-corrected chi connectivity index (χ4v) is 11.5. The second-order valence-electron chi connectivity index (χ2n) is 22.5. The van der Waals surface area contributed by atoms with Crippen molar-refractivity contribution in [1.29, 1.82) is 0 Å². The maximum absolute atomic E-state index is 15.0. The Morgan fingerprint density at radius 1 is 0.560 bits per heavy atom. The topological polar surface area (TPSA) is 183 Å². The SMILES string of the molecule is CCCCCCCCC(CCCCCC)COC(=O)CC(=O)OCC(C)(C)C(C(=O)NCCC(=O)OCC1c2ccccc2-c2ccccc21)C(CCC(=O)O)(CC(CCCCCC)CCCCCCCC)C(=O)O. The summed E-state index contributed by atoms with van der Waals surface area (Å²) in [7, 11) is 0. The van der Waals surface area contributed by atoms with Gasteiger partial charge in [0.2, 0.25) is 5.91 Å². The molecule has 3 rings (SSSR count). The lowest BCUT2D eigenvalue weighted by Crippen LogP contribution is -2.55. The van der Waals surface area contributed by atoms with E-state index in [1.807, 2.05) is 36.4 Å². The fraction of sp³-hybridized carbons (Fsp3) is 0.714. The number of hydrogen-bond acceptors (Lipinski definition) is 9. The number of carbonyl (C=O) groups excluding carboxylic acids is 4. The summed E-state index contributed by atoms with van der Waals surface area (Å²) in [6.45, 7) is 11.7. The number of benzene rings is 2. The first-order valence-electron chi connectivity index (χ1n) is 29.5. The summed E-state index contributed by atoms with van der Waals surface area (Å²) in [5, 5.41) is 24.5. The molecule has 0 heterocycles. The zero-order chi connectivity index (χ0) is 54.9. The monoisotopic (exact) mass is 1050 g/mol. The van der Waals surface area contributed by atoms with Crippen LogP contribution in [0.4, 0.5) is 0 Å². The summed E-state index contributed by atoms with van der Waals surface area (Å²) in [5.41, 5.74) is 1.02. The number of hydrogen-bond donors (Lipinski definition) is 3. The van der Waals surface area contributed by atoms with Gasteiger partial charge in [0.15, 0.2) is 0 Å². The molecule has 12 nitrogen and oxygen atoms in total. The first kappa shape index (κ1) is 64.5. The number of fused-ring (bicyclic) bond motifs is 3. The van der Waals surface area contributed by atoms with Gasteiger partial charge in [0, 0.05) is 24.3 Å². The lowest BCUT2D eigenvalue weighted by molar-refractivity contribution is -0.171. The molecular formula is C63H99NO11. The van der Waals surface area contributed by atoms with E-state index in [1.165, 1.54) is 25.7 Å². The van der Waals surface area contributed by atoms with E-state index in [0.717, 1.165) is 151 Å². The summed E-state index contributed by atoms with van der Waals surface area (Å²) in [5.74, 6) is -6.78. The minimum Gasteiger partial charge on any atom is -0.481 e. The molecule has 2 aromatic rings. The smallest absolute Gasteiger partial charge is 0.317 e. The van der Waals surface area contributed by atoms with Gasteiger partial charge < -0.3 is 29.7 Å². The van der Waals surface area contributed by atoms with Gasteiger partial charge in [-0.05, 0) is 59.8 Å². The average Bonchev–Trinajstić information content (AvgIpc) is 3.70. The number of nitrogens with one attached hydrogen (secondary N) is 1. The van der Waals surface area contributed by atoms with Gasteiger partial charge in [-0.3, -0.25) is 28.8 Å². The molecule has 422 valence electrons. The van der Waals surface area contributed by atoms with Crippen LogP contribution in [0.5, 0.6) is 0 Å². The van der Waals surface area contributed by atoms with E-state index in [1.54, 1.807) is 13.8 Å². The predicted molar refractivity (Wildman–Crippen MR) is 298 cm³/mol. The van der Waals surface area contributed by atoms with E-state index in [4.69, 9.17) is 14.2 Å². The second kappa shape index (κ2) is 36.3. The van der Waals surface area contributed by atoms with Crippen LogP contribution in [0.3, 0.4) is 0 Å². The van der Waals surface area contributed by atoms with Crippen molar-refractivity contribution in [3.05, 3.63) is 59.7 Å². The molecule has 3 N–H and O–H groups in total. The standard InChI is InChI=1S/C63H99NO11/c1-7-11-15-19-21-25-32-48(31-23-17-13-9-3)44-63(61(71)72,41-39-55(65)66)59(60(70)64-42-40-56(67)74-46-54-52-37-29-27-35-50(52)51-36-28-30-38-53(51)54)62(5,6)47-75-58(69)43-57(68)73-45-49(33-24-18-14-10-4)34-26-22-20-16-12-8-2/h27-30,35-38,48-49,54,59H,7-26,31-34,39-47H2,1-6H3,(H,64,70)(H,65,66)(H,71,72). The molecule has 0 saturated carbocycles. The lowest BCUT2D eigenvalue weighted by atomic mass is 9.57. The molecule has 0 aliphatic heterocycles. The Kier molecular flexibility index (Phi) is 31.3. The van der Waals surface area contributed by atoms with Gasteiger partial charge in [-0.15, -0.1) is 0 Å². The van der Waals surface area contributed by atoms with Crippen LogP contribution in [0.2, 0.25) is 0 Å². The molecule has 4 atom stereocenters. The number of ether oxygens (including phenoxy) is 3. The molecular weight excluding hydrogens is 947 g/mol. The highest BCUT2D eigenvalue weighted by Crippen LogP contribution is 2.50. The molecule has 0 bridgehead atoms. The number of carboxylic acid groups (broad SMARTS) is 2. The second-order valence-corrected chi connectivity index (χ2v) is 22.5. The molecule has 1 aliphatic rings. The molecule has 0 saturated heterocycles. The molecule has 4 unspecified atom stereocenters. The van der Waals surface area contributed by atoms with Crippen molar-refractivity contribution in [2.75, 3.05) is 26.4 Å². The summed E-state index contributed by atoms with van der Waals surface area (Å²) < 4.78 is 17.3. The van der Waals surface area contributed by atoms with Crippen LogP contribution in [0, 0.1) is 28.6 Å². The van der Waals surface area contributed by atoms with Crippen molar-refractivity contribution in [3.63, 3.8) is 0 Å². The van der Waals surface area contributed by atoms with E-state index >= 15 is 0 Å². The third-order valence-electron chi connectivity index (χ3n) is 15.7. The molecule has 1 amide bonds. The Morgan fingerprint density at radius 3 is 1.51 bits per heavy atom. The van der Waals surface area contributed by atoms with Crippen LogP contribution < -0.4 is 5.32 Å². The third kappa shape index (κ3) is 23.2. The van der Waals surface area contributed by atoms with Crippen molar-refractivity contribution in [2.45, 2.75) is 234 Å². The van der Waals surface area contributed by atoms with Crippen molar-refractivity contribution in [3.8, 4) is 11.1 Å². The summed E-state index contributed by atoms with van der Waals surface area (Å²) in [6, 6.07) is 16.1. The first-order valence-corrected chi connectivity index (χ1v) is 29.5. The minimum absolute atomic E-state index is 0.0449. The van der Waals surface area contributed by atoms with E-state index in [0.29, 0.717) is 0 Å². The van der Waals surface area contributed by atoms with Crippen molar-refractivity contribution >= 4 is 35.8 Å². The molecule has 0 spiro atoms. The number of rotatable bonds is 44. The molecule has 0 aromatic heterocycles. The van der Waals surface area contributed by atoms with Gasteiger partial charge in [-0.2, -0.15) is 0 Å². The molecule has 0 fully saturated rings. The Morgan fingerprint density at radius 2 is 1.01 bits per heavy atom. The molecule has 12 heteroatoms. The van der Waals surface area contributed by atoms with E-state index < -0.39 is 72.0 Å². The fourth-order valence-electron chi connectivity index (χ4n) is 11.5. The predicted octanol–water partition coefficient (Wildman–Crippen LogP) is 15.0. The normalized spacial score (nSPS) is 14.2. The maximum atomic E-state index is 15.0. The number of amides is 1. The van der Waals surface area contributed by atoms with Crippen LogP contribution in [-0.4, -0.2) is 72.3 Å². The van der Waals surface area contributed by atoms with E-state index in [-0.39, 0.29) is 56.8 Å². The number of esters is 3. The lowest BCUT2D eigenvalue weighted by Gasteiger charge is -2.46. The van der Waals surface area contributed by atoms with Gasteiger partial charge in [-0.1, -0.05) is 231 Å². The van der Waals surface area contributed by atoms with Crippen LogP contribution >= 0.6 is 0 Å².